The Labute approximate surface area is 111 Å². The van der Waals surface area contributed by atoms with E-state index in [9.17, 15) is 4.79 Å². The van der Waals surface area contributed by atoms with Crippen LogP contribution in [0, 0.1) is 0 Å². The maximum atomic E-state index is 11.8. The molecule has 0 aromatic carbocycles. The number of nitrogens with zero attached hydrogens (tertiary/aromatic N) is 3. The van der Waals surface area contributed by atoms with Crippen LogP contribution in [-0.2, 0) is 4.74 Å². The Kier molecular flexibility index (Phi) is 4.07. The van der Waals surface area contributed by atoms with Crippen molar-refractivity contribution < 1.29 is 9.53 Å². The lowest BCUT2D eigenvalue weighted by atomic mass is 10.2. The molecule has 98 valence electrons. The highest BCUT2D eigenvalue weighted by Gasteiger charge is 2.12. The van der Waals surface area contributed by atoms with Crippen LogP contribution in [0.1, 0.15) is 23.7 Å². The topological polar surface area (TPSA) is 57.0 Å². The van der Waals surface area contributed by atoms with Crippen molar-refractivity contribution in [1.82, 2.24) is 14.5 Å². The second-order valence-corrected chi connectivity index (χ2v) is 3.96. The molecule has 0 fully saturated rings. The van der Waals surface area contributed by atoms with Gasteiger partial charge in [-0.1, -0.05) is 19.6 Å². The van der Waals surface area contributed by atoms with E-state index in [0.717, 1.165) is 0 Å². The summed E-state index contributed by atoms with van der Waals surface area (Å²) in [4.78, 5) is 20.0. The molecule has 0 spiro atoms. The number of rotatable bonds is 5. The van der Waals surface area contributed by atoms with Crippen LogP contribution in [0.5, 0.6) is 0 Å². The highest BCUT2D eigenvalue weighted by atomic mass is 16.5. The molecule has 0 aliphatic rings. The molecule has 0 saturated heterocycles. The van der Waals surface area contributed by atoms with Crippen LogP contribution in [0.3, 0.4) is 0 Å². The lowest BCUT2D eigenvalue weighted by Gasteiger charge is -2.11. The molecular weight excluding hydrogens is 242 g/mol. The van der Waals surface area contributed by atoms with Crippen LogP contribution < -0.4 is 0 Å². The number of carbonyl (C=O) groups excluding carboxylic acids is 1. The molecule has 2 rings (SSSR count). The number of pyridine rings is 1. The van der Waals surface area contributed by atoms with Crippen molar-refractivity contribution in [2.45, 2.75) is 19.4 Å². The summed E-state index contributed by atoms with van der Waals surface area (Å²) in [6.07, 6.45) is 8.64. The fourth-order valence-electron chi connectivity index (χ4n) is 1.56. The van der Waals surface area contributed by atoms with Crippen LogP contribution in [0.25, 0.3) is 5.82 Å². The first-order chi connectivity index (χ1) is 9.24. The number of ether oxygens (including phenoxy) is 1. The normalized spacial score (nSPS) is 11.8. The van der Waals surface area contributed by atoms with Crippen LogP contribution in [-0.4, -0.2) is 26.6 Å². The minimum absolute atomic E-state index is 0.263. The van der Waals surface area contributed by atoms with E-state index in [-0.39, 0.29) is 6.10 Å². The smallest absolute Gasteiger partial charge is 0.340 e. The Morgan fingerprint density at radius 1 is 1.58 bits per heavy atom. The molecule has 5 nitrogen and oxygen atoms in total. The summed E-state index contributed by atoms with van der Waals surface area (Å²) in [6.45, 7) is 5.55. The van der Waals surface area contributed by atoms with E-state index < -0.39 is 5.97 Å². The van der Waals surface area contributed by atoms with Gasteiger partial charge in [0.15, 0.2) is 0 Å². The fraction of sp³-hybridized carbons (Fsp3) is 0.214. The van der Waals surface area contributed by atoms with Crippen LogP contribution in [0.4, 0.5) is 0 Å². The number of esters is 1. The third-order valence-corrected chi connectivity index (χ3v) is 2.68. The van der Waals surface area contributed by atoms with Crippen molar-refractivity contribution in [1.29, 1.82) is 0 Å². The van der Waals surface area contributed by atoms with E-state index in [2.05, 4.69) is 16.5 Å². The number of carbonyl (C=O) groups is 1. The van der Waals surface area contributed by atoms with Crippen molar-refractivity contribution in [3.05, 3.63) is 55.3 Å². The van der Waals surface area contributed by atoms with E-state index in [1.165, 1.54) is 6.20 Å². The summed E-state index contributed by atoms with van der Waals surface area (Å²) < 4.78 is 7.01. The highest BCUT2D eigenvalue weighted by Crippen LogP contribution is 2.09. The first-order valence-electron chi connectivity index (χ1n) is 6.02. The SMILES string of the molecule is C=C[C@H](CC)OC(=O)c1ccc(-n2ccnc2)nc1. The molecule has 0 amide bonds. The second kappa shape index (κ2) is 5.95. The van der Waals surface area contributed by atoms with E-state index >= 15 is 0 Å². The quantitative estimate of drug-likeness (QED) is 0.609. The largest absolute Gasteiger partial charge is 0.455 e. The summed E-state index contributed by atoms with van der Waals surface area (Å²) in [5.41, 5.74) is 0.421. The van der Waals surface area contributed by atoms with Gasteiger partial charge in [0.25, 0.3) is 0 Å². The van der Waals surface area contributed by atoms with Crippen molar-refractivity contribution in [3.63, 3.8) is 0 Å². The zero-order chi connectivity index (χ0) is 13.7. The molecule has 0 saturated carbocycles. The Balaban J connectivity index is 2.10. The highest BCUT2D eigenvalue weighted by molar-refractivity contribution is 5.89. The molecule has 0 aliphatic heterocycles. The predicted molar refractivity (Wildman–Crippen MR) is 71.1 cm³/mol. The maximum absolute atomic E-state index is 11.8. The average Bonchev–Trinajstić information content (AvgIpc) is 2.99. The van der Waals surface area contributed by atoms with Crippen LogP contribution in [0.2, 0.25) is 0 Å². The molecule has 2 aromatic heterocycles. The summed E-state index contributed by atoms with van der Waals surface area (Å²) in [5.74, 6) is 0.307. The third-order valence-electron chi connectivity index (χ3n) is 2.68. The molecule has 1 atom stereocenters. The number of aromatic nitrogens is 3. The molecule has 19 heavy (non-hydrogen) atoms. The fourth-order valence-corrected chi connectivity index (χ4v) is 1.56. The minimum Gasteiger partial charge on any atom is -0.455 e. The summed E-state index contributed by atoms with van der Waals surface area (Å²) in [7, 11) is 0. The molecule has 0 unspecified atom stereocenters. The van der Waals surface area contributed by atoms with E-state index in [4.69, 9.17) is 4.74 Å². The lowest BCUT2D eigenvalue weighted by molar-refractivity contribution is 0.0388. The molecule has 0 N–H and O–H groups in total. The van der Waals surface area contributed by atoms with Gasteiger partial charge in [0.1, 0.15) is 18.2 Å². The zero-order valence-electron chi connectivity index (χ0n) is 10.7. The van der Waals surface area contributed by atoms with Gasteiger partial charge in [-0.2, -0.15) is 0 Å². The molecule has 0 bridgehead atoms. The van der Waals surface area contributed by atoms with Gasteiger partial charge >= 0.3 is 5.97 Å². The summed E-state index contributed by atoms with van der Waals surface area (Å²) >= 11 is 0. The molecule has 0 aliphatic carbocycles. The number of hydrogen-bond donors (Lipinski definition) is 0. The lowest BCUT2D eigenvalue weighted by Crippen LogP contribution is -2.15. The van der Waals surface area contributed by atoms with Gasteiger partial charge in [0, 0.05) is 18.6 Å². The standard InChI is InChI=1S/C14H15N3O2/c1-3-12(4-2)19-14(18)11-5-6-13(16-9-11)17-8-7-15-10-17/h3,5-10,12H,1,4H2,2H3/t12-/m1/s1. The van der Waals surface area contributed by atoms with Gasteiger partial charge in [-0.05, 0) is 18.6 Å². The van der Waals surface area contributed by atoms with Gasteiger partial charge in [-0.25, -0.2) is 14.8 Å². The molecule has 5 heteroatoms. The minimum atomic E-state index is -0.392. The summed E-state index contributed by atoms with van der Waals surface area (Å²) in [5, 5.41) is 0. The van der Waals surface area contributed by atoms with E-state index in [1.807, 2.05) is 6.92 Å². The van der Waals surface area contributed by atoms with Gasteiger partial charge in [-0.15, -0.1) is 0 Å². The van der Waals surface area contributed by atoms with E-state index in [0.29, 0.717) is 17.8 Å². The third kappa shape index (κ3) is 3.07. The van der Waals surface area contributed by atoms with Gasteiger partial charge in [0.05, 0.1) is 5.56 Å². The number of hydrogen-bond acceptors (Lipinski definition) is 4. The van der Waals surface area contributed by atoms with Gasteiger partial charge < -0.3 is 4.74 Å². The van der Waals surface area contributed by atoms with Crippen molar-refractivity contribution in [2.24, 2.45) is 0 Å². The van der Waals surface area contributed by atoms with Crippen molar-refractivity contribution in [2.75, 3.05) is 0 Å². The molecular formula is C14H15N3O2. The molecule has 2 aromatic rings. The van der Waals surface area contributed by atoms with Crippen LogP contribution >= 0.6 is 0 Å². The number of imidazole rings is 1. The monoisotopic (exact) mass is 257 g/mol. The van der Waals surface area contributed by atoms with Crippen LogP contribution in [0.15, 0.2) is 49.7 Å². The molecule has 0 radical (unpaired) electrons. The van der Waals surface area contributed by atoms with Crippen molar-refractivity contribution in [3.8, 4) is 5.82 Å². The Hall–Kier alpha value is -2.43. The zero-order valence-corrected chi connectivity index (χ0v) is 10.7. The predicted octanol–water partition coefficient (Wildman–Crippen LogP) is 2.39. The van der Waals surface area contributed by atoms with Crippen molar-refractivity contribution >= 4 is 5.97 Å². The first-order valence-corrected chi connectivity index (χ1v) is 6.02. The van der Waals surface area contributed by atoms with E-state index in [1.54, 1.807) is 41.5 Å². The maximum Gasteiger partial charge on any atom is 0.340 e. The van der Waals surface area contributed by atoms with Gasteiger partial charge in [-0.3, -0.25) is 4.57 Å². The summed E-state index contributed by atoms with van der Waals surface area (Å²) in [6, 6.07) is 3.42. The van der Waals surface area contributed by atoms with Gasteiger partial charge in [0.2, 0.25) is 0 Å². The first kappa shape index (κ1) is 13.0. The average molecular weight is 257 g/mol. The Morgan fingerprint density at radius 2 is 2.42 bits per heavy atom. The Morgan fingerprint density at radius 3 is 2.95 bits per heavy atom. The Bertz CT molecular complexity index is 547. The molecule has 2 heterocycles. The second-order valence-electron chi connectivity index (χ2n) is 3.96.